The smallest absolute Gasteiger partial charge is 0.171 e. The van der Waals surface area contributed by atoms with Crippen LogP contribution in [0.5, 0.6) is 0 Å². The number of aliphatic hydroxyl groups is 1. The number of halogens is 1. The first kappa shape index (κ1) is 11.0. The van der Waals surface area contributed by atoms with E-state index in [4.69, 9.17) is 11.6 Å². The molecule has 1 N–H and O–H groups in total. The third kappa shape index (κ3) is 2.37. The average molecular weight is 239 g/mol. The Labute approximate surface area is 97.7 Å². The van der Waals surface area contributed by atoms with E-state index in [-0.39, 0.29) is 6.61 Å². The van der Waals surface area contributed by atoms with Crippen molar-refractivity contribution in [1.29, 1.82) is 0 Å². The summed E-state index contributed by atoms with van der Waals surface area (Å²) in [5, 5.41) is 21.5. The summed E-state index contributed by atoms with van der Waals surface area (Å²) in [6.45, 7) is 2.20. The van der Waals surface area contributed by atoms with E-state index < -0.39 is 0 Å². The van der Waals surface area contributed by atoms with Gasteiger partial charge in [0, 0.05) is 5.02 Å². The van der Waals surface area contributed by atoms with Crippen LogP contribution in [0.2, 0.25) is 5.02 Å². The molecule has 1 aromatic heterocycles. The van der Waals surface area contributed by atoms with Gasteiger partial charge in [0.25, 0.3) is 0 Å². The van der Waals surface area contributed by atoms with Crippen LogP contribution in [-0.4, -0.2) is 25.3 Å². The van der Waals surface area contributed by atoms with Crippen molar-refractivity contribution in [2.24, 2.45) is 0 Å². The zero-order valence-electron chi connectivity index (χ0n) is 8.76. The lowest BCUT2D eigenvalue weighted by molar-refractivity contribution is 0.280. The molecule has 16 heavy (non-hydrogen) atoms. The minimum Gasteiger partial charge on any atom is -0.392 e. The molecule has 0 amide bonds. The van der Waals surface area contributed by atoms with Crippen LogP contribution in [-0.2, 0) is 13.2 Å². The van der Waals surface area contributed by atoms with E-state index in [1.54, 1.807) is 25.1 Å². The molecule has 0 bridgehead atoms. The fourth-order valence-corrected chi connectivity index (χ4v) is 1.63. The van der Waals surface area contributed by atoms with Gasteiger partial charge in [-0.15, -0.1) is 10.2 Å². The second-order valence-electron chi connectivity index (χ2n) is 3.44. The standard InChI is InChI=1S/C10H11ClN4O/c1-7-12-14-15(13-7)5-9-4-10(11)3-2-8(9)6-16/h2-4,16H,5-6H2,1H3. The normalized spacial score (nSPS) is 10.7. The van der Waals surface area contributed by atoms with Crippen molar-refractivity contribution in [3.63, 3.8) is 0 Å². The van der Waals surface area contributed by atoms with Crippen molar-refractivity contribution in [1.82, 2.24) is 20.2 Å². The topological polar surface area (TPSA) is 63.8 Å². The van der Waals surface area contributed by atoms with E-state index in [1.807, 2.05) is 0 Å². The van der Waals surface area contributed by atoms with Gasteiger partial charge in [0.2, 0.25) is 0 Å². The Morgan fingerprint density at radius 3 is 2.81 bits per heavy atom. The van der Waals surface area contributed by atoms with Crippen LogP contribution in [0, 0.1) is 6.92 Å². The molecule has 0 radical (unpaired) electrons. The minimum absolute atomic E-state index is 0.0276. The van der Waals surface area contributed by atoms with Crippen molar-refractivity contribution >= 4 is 11.6 Å². The number of tetrazole rings is 1. The zero-order chi connectivity index (χ0) is 11.5. The second kappa shape index (κ2) is 4.59. The SMILES string of the molecule is Cc1nnn(Cc2cc(Cl)ccc2CO)n1. The molecule has 0 atom stereocenters. The van der Waals surface area contributed by atoms with E-state index in [2.05, 4.69) is 15.4 Å². The number of hydrogen-bond acceptors (Lipinski definition) is 4. The third-order valence-electron chi connectivity index (χ3n) is 2.20. The highest BCUT2D eigenvalue weighted by Gasteiger charge is 2.05. The molecule has 0 saturated carbocycles. The Bertz CT molecular complexity index is 497. The predicted octanol–water partition coefficient (Wildman–Crippen LogP) is 1.18. The third-order valence-corrected chi connectivity index (χ3v) is 2.44. The molecule has 84 valence electrons. The second-order valence-corrected chi connectivity index (χ2v) is 3.87. The quantitative estimate of drug-likeness (QED) is 0.872. The Hall–Kier alpha value is -1.46. The lowest BCUT2D eigenvalue weighted by atomic mass is 10.1. The molecule has 1 heterocycles. The van der Waals surface area contributed by atoms with Gasteiger partial charge in [-0.1, -0.05) is 17.7 Å². The number of aliphatic hydroxyl groups excluding tert-OH is 1. The molecule has 0 aliphatic rings. The maximum absolute atomic E-state index is 9.18. The monoisotopic (exact) mass is 238 g/mol. The fourth-order valence-electron chi connectivity index (χ4n) is 1.44. The Kier molecular flexibility index (Phi) is 3.17. The summed E-state index contributed by atoms with van der Waals surface area (Å²) >= 11 is 5.90. The molecule has 2 rings (SSSR count). The van der Waals surface area contributed by atoms with Gasteiger partial charge in [-0.05, 0) is 35.4 Å². The highest BCUT2D eigenvalue weighted by Crippen LogP contribution is 2.16. The highest BCUT2D eigenvalue weighted by atomic mass is 35.5. The van der Waals surface area contributed by atoms with Crippen LogP contribution < -0.4 is 0 Å². The van der Waals surface area contributed by atoms with Crippen LogP contribution in [0.4, 0.5) is 0 Å². The molecule has 0 unspecified atom stereocenters. The summed E-state index contributed by atoms with van der Waals surface area (Å²) in [6.07, 6.45) is 0. The largest absolute Gasteiger partial charge is 0.392 e. The summed E-state index contributed by atoms with van der Waals surface area (Å²) < 4.78 is 0. The molecular weight excluding hydrogens is 228 g/mol. The number of benzene rings is 1. The van der Waals surface area contributed by atoms with E-state index in [9.17, 15) is 5.11 Å². The molecule has 6 heteroatoms. The summed E-state index contributed by atoms with van der Waals surface area (Å²) in [4.78, 5) is 1.47. The van der Waals surface area contributed by atoms with Crippen molar-refractivity contribution in [3.8, 4) is 0 Å². The van der Waals surface area contributed by atoms with Crippen LogP contribution >= 0.6 is 11.6 Å². The molecule has 0 aliphatic heterocycles. The number of aromatic nitrogens is 4. The molecule has 2 aromatic rings. The number of rotatable bonds is 3. The summed E-state index contributed by atoms with van der Waals surface area (Å²) in [7, 11) is 0. The van der Waals surface area contributed by atoms with Crippen LogP contribution in [0.1, 0.15) is 17.0 Å². The van der Waals surface area contributed by atoms with Crippen LogP contribution in [0.15, 0.2) is 18.2 Å². The first-order valence-electron chi connectivity index (χ1n) is 4.81. The Morgan fingerprint density at radius 2 is 2.19 bits per heavy atom. The van der Waals surface area contributed by atoms with Crippen molar-refractivity contribution in [3.05, 3.63) is 40.2 Å². The Morgan fingerprint density at radius 1 is 1.38 bits per heavy atom. The maximum atomic E-state index is 9.18. The molecule has 0 saturated heterocycles. The first-order valence-corrected chi connectivity index (χ1v) is 5.19. The highest BCUT2D eigenvalue weighted by molar-refractivity contribution is 6.30. The van der Waals surface area contributed by atoms with Gasteiger partial charge in [-0.3, -0.25) is 0 Å². The van der Waals surface area contributed by atoms with E-state index in [0.29, 0.717) is 17.4 Å². The molecule has 5 nitrogen and oxygen atoms in total. The lowest BCUT2D eigenvalue weighted by Gasteiger charge is -2.06. The molecule has 0 fully saturated rings. The fraction of sp³-hybridized carbons (Fsp3) is 0.300. The molecular formula is C10H11ClN4O. The number of nitrogens with zero attached hydrogens (tertiary/aromatic N) is 4. The van der Waals surface area contributed by atoms with Crippen LogP contribution in [0.3, 0.4) is 0 Å². The summed E-state index contributed by atoms with van der Waals surface area (Å²) in [6, 6.07) is 5.34. The van der Waals surface area contributed by atoms with Gasteiger partial charge in [0.15, 0.2) is 5.82 Å². The predicted molar refractivity (Wildman–Crippen MR) is 59.0 cm³/mol. The molecule has 0 spiro atoms. The summed E-state index contributed by atoms with van der Waals surface area (Å²) in [5.41, 5.74) is 1.71. The Balaban J connectivity index is 2.29. The van der Waals surface area contributed by atoms with Gasteiger partial charge in [-0.25, -0.2) is 0 Å². The van der Waals surface area contributed by atoms with Gasteiger partial charge < -0.3 is 5.11 Å². The summed E-state index contributed by atoms with van der Waals surface area (Å²) in [5.74, 6) is 0.618. The van der Waals surface area contributed by atoms with E-state index in [1.165, 1.54) is 4.80 Å². The van der Waals surface area contributed by atoms with Crippen LogP contribution in [0.25, 0.3) is 0 Å². The van der Waals surface area contributed by atoms with Crippen molar-refractivity contribution < 1.29 is 5.11 Å². The maximum Gasteiger partial charge on any atom is 0.171 e. The van der Waals surface area contributed by atoms with Crippen molar-refractivity contribution in [2.75, 3.05) is 0 Å². The van der Waals surface area contributed by atoms with E-state index >= 15 is 0 Å². The number of hydrogen-bond donors (Lipinski definition) is 1. The van der Waals surface area contributed by atoms with Crippen molar-refractivity contribution in [2.45, 2.75) is 20.1 Å². The van der Waals surface area contributed by atoms with Gasteiger partial charge in [0.05, 0.1) is 13.2 Å². The van der Waals surface area contributed by atoms with Gasteiger partial charge in [-0.2, -0.15) is 4.80 Å². The van der Waals surface area contributed by atoms with Gasteiger partial charge in [0.1, 0.15) is 0 Å². The average Bonchev–Trinajstić information content (AvgIpc) is 2.64. The zero-order valence-corrected chi connectivity index (χ0v) is 9.52. The first-order chi connectivity index (χ1) is 7.69. The van der Waals surface area contributed by atoms with E-state index in [0.717, 1.165) is 11.1 Å². The molecule has 1 aromatic carbocycles. The number of aryl methyl sites for hydroxylation is 1. The molecule has 0 aliphatic carbocycles. The lowest BCUT2D eigenvalue weighted by Crippen LogP contribution is -2.06. The minimum atomic E-state index is -0.0276. The van der Waals surface area contributed by atoms with Gasteiger partial charge >= 0.3 is 0 Å².